The average Bonchev–Trinajstić information content (AvgIpc) is 3.20. The Bertz CT molecular complexity index is 624. The minimum absolute atomic E-state index is 0.330. The fraction of sp³-hybridized carbons (Fsp3) is 0.429. The molecule has 0 amide bonds. The van der Waals surface area contributed by atoms with Gasteiger partial charge in [-0.05, 0) is 49.2 Å². The Morgan fingerprint density at radius 3 is 2.28 bits per heavy atom. The number of aliphatic hydroxyl groups is 1. The van der Waals surface area contributed by atoms with E-state index in [0.29, 0.717) is 12.6 Å². The molecule has 1 fully saturated rings. The number of methoxy groups -OCH3 is 1. The minimum atomic E-state index is -0.476. The number of benzene rings is 2. The summed E-state index contributed by atoms with van der Waals surface area (Å²) >= 11 is 0. The van der Waals surface area contributed by atoms with Crippen molar-refractivity contribution in [3.8, 4) is 5.75 Å². The van der Waals surface area contributed by atoms with Crippen LogP contribution in [0.3, 0.4) is 0 Å². The maximum absolute atomic E-state index is 10.3. The second kappa shape index (κ2) is 8.99. The molecule has 2 N–H and O–H groups in total. The van der Waals surface area contributed by atoms with Crippen LogP contribution in [0.2, 0.25) is 0 Å². The van der Waals surface area contributed by atoms with Gasteiger partial charge in [-0.2, -0.15) is 0 Å². The molecule has 2 atom stereocenters. The predicted octanol–water partition coefficient (Wildman–Crippen LogP) is 3.16. The summed E-state index contributed by atoms with van der Waals surface area (Å²) < 4.78 is 5.27. The topological polar surface area (TPSA) is 44.7 Å². The van der Waals surface area contributed by atoms with E-state index in [1.54, 1.807) is 7.11 Å². The monoisotopic (exact) mass is 340 g/mol. The van der Waals surface area contributed by atoms with Crippen LogP contribution in [-0.4, -0.2) is 43.3 Å². The van der Waals surface area contributed by atoms with E-state index in [2.05, 4.69) is 22.3 Å². The summed E-state index contributed by atoms with van der Waals surface area (Å²) in [5.41, 5.74) is 2.25. The van der Waals surface area contributed by atoms with E-state index in [0.717, 1.165) is 30.9 Å². The lowest BCUT2D eigenvalue weighted by atomic mass is 10.0. The van der Waals surface area contributed by atoms with Gasteiger partial charge in [-0.15, -0.1) is 0 Å². The molecule has 4 nitrogen and oxygen atoms in total. The SMILES string of the molecule is COc1ccc([C@H](CNC[C@H](O)c2ccccc2)N2CCCC2)cc1. The van der Waals surface area contributed by atoms with Crippen molar-refractivity contribution in [2.45, 2.75) is 25.0 Å². The van der Waals surface area contributed by atoms with E-state index in [9.17, 15) is 5.11 Å². The van der Waals surface area contributed by atoms with E-state index in [4.69, 9.17) is 4.74 Å². The summed E-state index contributed by atoms with van der Waals surface area (Å²) in [5.74, 6) is 0.886. The van der Waals surface area contributed by atoms with Gasteiger partial charge >= 0.3 is 0 Å². The molecular weight excluding hydrogens is 312 g/mol. The van der Waals surface area contributed by atoms with Gasteiger partial charge in [0.15, 0.2) is 0 Å². The van der Waals surface area contributed by atoms with Gasteiger partial charge in [0, 0.05) is 19.1 Å². The highest BCUT2D eigenvalue weighted by atomic mass is 16.5. The van der Waals surface area contributed by atoms with Gasteiger partial charge in [0.25, 0.3) is 0 Å². The maximum atomic E-state index is 10.3. The highest BCUT2D eigenvalue weighted by Crippen LogP contribution is 2.26. The molecule has 1 heterocycles. The van der Waals surface area contributed by atoms with Gasteiger partial charge in [0.05, 0.1) is 13.2 Å². The first-order chi connectivity index (χ1) is 12.3. The van der Waals surface area contributed by atoms with Gasteiger partial charge in [-0.1, -0.05) is 42.5 Å². The highest BCUT2D eigenvalue weighted by Gasteiger charge is 2.23. The molecule has 0 aromatic heterocycles. The number of rotatable bonds is 8. The zero-order chi connectivity index (χ0) is 17.5. The predicted molar refractivity (Wildman–Crippen MR) is 101 cm³/mol. The van der Waals surface area contributed by atoms with Crippen molar-refractivity contribution in [2.24, 2.45) is 0 Å². The molecule has 4 heteroatoms. The molecule has 25 heavy (non-hydrogen) atoms. The van der Waals surface area contributed by atoms with Gasteiger partial charge in [0.1, 0.15) is 5.75 Å². The van der Waals surface area contributed by atoms with Gasteiger partial charge in [0.2, 0.25) is 0 Å². The summed E-state index contributed by atoms with van der Waals surface area (Å²) in [6, 6.07) is 18.5. The number of aliphatic hydroxyl groups excluding tert-OH is 1. The number of likely N-dealkylation sites (tertiary alicyclic amines) is 1. The number of hydrogen-bond acceptors (Lipinski definition) is 4. The number of ether oxygens (including phenoxy) is 1. The van der Waals surface area contributed by atoms with Crippen molar-refractivity contribution >= 4 is 0 Å². The molecule has 2 aromatic rings. The first-order valence-electron chi connectivity index (χ1n) is 9.09. The fourth-order valence-electron chi connectivity index (χ4n) is 3.49. The van der Waals surface area contributed by atoms with Crippen LogP contribution in [0.1, 0.15) is 36.1 Å². The molecule has 0 bridgehead atoms. The molecule has 1 aliphatic rings. The summed E-state index contributed by atoms with van der Waals surface area (Å²) in [7, 11) is 1.69. The zero-order valence-electron chi connectivity index (χ0n) is 14.9. The standard InChI is InChI=1S/C21H28N2O2/c1-25-19-11-9-17(10-12-19)20(23-13-5-6-14-23)15-22-16-21(24)18-7-3-2-4-8-18/h2-4,7-12,20-22,24H,5-6,13-16H2,1H3/t20-,21-/m0/s1. The van der Waals surface area contributed by atoms with Crippen molar-refractivity contribution in [2.75, 3.05) is 33.3 Å². The normalized spacial score (nSPS) is 17.4. The molecule has 2 aromatic carbocycles. The third-order valence-electron chi connectivity index (χ3n) is 4.94. The molecule has 1 aliphatic heterocycles. The van der Waals surface area contributed by atoms with Gasteiger partial charge in [-0.3, -0.25) is 4.90 Å². The van der Waals surface area contributed by atoms with Crippen LogP contribution in [0.15, 0.2) is 54.6 Å². The summed E-state index contributed by atoms with van der Waals surface area (Å²) in [6.07, 6.45) is 2.05. The molecule has 1 saturated heterocycles. The number of nitrogens with zero attached hydrogens (tertiary/aromatic N) is 1. The molecule has 0 spiro atoms. The van der Waals surface area contributed by atoms with Crippen LogP contribution in [-0.2, 0) is 0 Å². The molecular formula is C21H28N2O2. The number of hydrogen-bond donors (Lipinski definition) is 2. The van der Waals surface area contributed by atoms with E-state index in [1.165, 1.54) is 18.4 Å². The molecule has 0 unspecified atom stereocenters. The molecule has 3 rings (SSSR count). The summed E-state index contributed by atoms with van der Waals surface area (Å²) in [4.78, 5) is 2.53. The second-order valence-electron chi connectivity index (χ2n) is 6.62. The van der Waals surface area contributed by atoms with Crippen molar-refractivity contribution in [3.63, 3.8) is 0 Å². The third kappa shape index (κ3) is 4.82. The molecule has 134 valence electrons. The van der Waals surface area contributed by atoms with Crippen LogP contribution in [0.25, 0.3) is 0 Å². The van der Waals surface area contributed by atoms with E-state index < -0.39 is 6.10 Å². The minimum Gasteiger partial charge on any atom is -0.497 e. The third-order valence-corrected chi connectivity index (χ3v) is 4.94. The number of nitrogens with one attached hydrogen (secondary N) is 1. The van der Waals surface area contributed by atoms with Crippen LogP contribution < -0.4 is 10.1 Å². The van der Waals surface area contributed by atoms with E-state index >= 15 is 0 Å². The Morgan fingerprint density at radius 1 is 0.960 bits per heavy atom. The Hall–Kier alpha value is -1.88. The summed E-state index contributed by atoms with van der Waals surface area (Å²) in [5, 5.41) is 13.8. The summed E-state index contributed by atoms with van der Waals surface area (Å²) in [6.45, 7) is 3.67. The molecule has 0 aliphatic carbocycles. The smallest absolute Gasteiger partial charge is 0.118 e. The lowest BCUT2D eigenvalue weighted by Gasteiger charge is -2.29. The van der Waals surface area contributed by atoms with Crippen LogP contribution >= 0.6 is 0 Å². The Morgan fingerprint density at radius 2 is 1.64 bits per heavy atom. The van der Waals surface area contributed by atoms with Crippen molar-refractivity contribution < 1.29 is 9.84 Å². The Kier molecular flexibility index (Phi) is 6.45. The van der Waals surface area contributed by atoms with Gasteiger partial charge in [-0.25, -0.2) is 0 Å². The van der Waals surface area contributed by atoms with E-state index in [1.807, 2.05) is 42.5 Å². The van der Waals surface area contributed by atoms with Crippen molar-refractivity contribution in [1.82, 2.24) is 10.2 Å². The van der Waals surface area contributed by atoms with E-state index in [-0.39, 0.29) is 0 Å². The lowest BCUT2D eigenvalue weighted by molar-refractivity contribution is 0.166. The van der Waals surface area contributed by atoms with Crippen molar-refractivity contribution in [1.29, 1.82) is 0 Å². The average molecular weight is 340 g/mol. The first-order valence-corrected chi connectivity index (χ1v) is 9.09. The maximum Gasteiger partial charge on any atom is 0.118 e. The van der Waals surface area contributed by atoms with Crippen LogP contribution in [0, 0.1) is 0 Å². The second-order valence-corrected chi connectivity index (χ2v) is 6.62. The largest absolute Gasteiger partial charge is 0.497 e. The molecule has 0 radical (unpaired) electrons. The highest BCUT2D eigenvalue weighted by molar-refractivity contribution is 5.29. The van der Waals surface area contributed by atoms with Crippen LogP contribution in [0.4, 0.5) is 0 Å². The Balaban J connectivity index is 1.61. The fourth-order valence-corrected chi connectivity index (χ4v) is 3.49. The van der Waals surface area contributed by atoms with Crippen LogP contribution in [0.5, 0.6) is 5.75 Å². The lowest BCUT2D eigenvalue weighted by Crippen LogP contribution is -2.35. The first kappa shape index (κ1) is 17.9. The molecule has 0 saturated carbocycles. The van der Waals surface area contributed by atoms with Crippen molar-refractivity contribution in [3.05, 3.63) is 65.7 Å². The van der Waals surface area contributed by atoms with Gasteiger partial charge < -0.3 is 15.2 Å². The zero-order valence-corrected chi connectivity index (χ0v) is 14.9. The Labute approximate surface area is 150 Å². The quantitative estimate of drug-likeness (QED) is 0.775.